The summed E-state index contributed by atoms with van der Waals surface area (Å²) in [4.78, 5) is 28.1. The van der Waals surface area contributed by atoms with Crippen LogP contribution in [0, 0.1) is 0 Å². The highest BCUT2D eigenvalue weighted by Crippen LogP contribution is 2.36. The molecule has 0 saturated carbocycles. The number of ether oxygens (including phenoxy) is 3. The summed E-state index contributed by atoms with van der Waals surface area (Å²) in [6.45, 7) is 4.29. The normalized spacial score (nSPS) is 14.2. The first-order valence-electron chi connectivity index (χ1n) is 9.21. The van der Waals surface area contributed by atoms with E-state index in [0.29, 0.717) is 22.8 Å². The standard InChI is InChI=1S/C21H24N2O5S/c1-13(2)28-10-9-23-20(24)18(17-6-5-11-29-17)19(21(23)25)22-15-8-7-14(26-3)12-16(15)27-4/h5-8,11-13,22H,9-10H2,1-4H3. The van der Waals surface area contributed by atoms with Gasteiger partial charge in [0.1, 0.15) is 17.2 Å². The number of amides is 2. The van der Waals surface area contributed by atoms with Crippen LogP contribution in [-0.2, 0) is 14.3 Å². The number of rotatable bonds is 9. The van der Waals surface area contributed by atoms with Gasteiger partial charge in [-0.15, -0.1) is 11.3 Å². The Morgan fingerprint density at radius 2 is 1.90 bits per heavy atom. The molecule has 1 aliphatic rings. The van der Waals surface area contributed by atoms with Gasteiger partial charge >= 0.3 is 0 Å². The number of hydrogen-bond acceptors (Lipinski definition) is 7. The third kappa shape index (κ3) is 4.44. The third-order valence-electron chi connectivity index (χ3n) is 4.37. The van der Waals surface area contributed by atoms with Crippen molar-refractivity contribution in [1.29, 1.82) is 0 Å². The monoisotopic (exact) mass is 416 g/mol. The highest BCUT2D eigenvalue weighted by Gasteiger charge is 2.39. The van der Waals surface area contributed by atoms with E-state index in [-0.39, 0.29) is 36.8 Å². The molecule has 0 unspecified atom stereocenters. The van der Waals surface area contributed by atoms with Crippen LogP contribution in [0.15, 0.2) is 41.4 Å². The third-order valence-corrected chi connectivity index (χ3v) is 5.26. The molecule has 0 spiro atoms. The smallest absolute Gasteiger partial charge is 0.278 e. The molecule has 2 aromatic rings. The first kappa shape index (κ1) is 20.9. The van der Waals surface area contributed by atoms with E-state index < -0.39 is 0 Å². The fourth-order valence-electron chi connectivity index (χ4n) is 2.96. The van der Waals surface area contributed by atoms with Crippen molar-refractivity contribution in [2.75, 3.05) is 32.7 Å². The minimum absolute atomic E-state index is 0.0219. The average molecular weight is 416 g/mol. The van der Waals surface area contributed by atoms with Gasteiger partial charge in [-0.25, -0.2) is 0 Å². The van der Waals surface area contributed by atoms with Gasteiger partial charge in [0.2, 0.25) is 0 Å². The molecule has 8 heteroatoms. The molecule has 0 radical (unpaired) electrons. The first-order chi connectivity index (χ1) is 14.0. The van der Waals surface area contributed by atoms with Crippen LogP contribution in [0.25, 0.3) is 5.57 Å². The van der Waals surface area contributed by atoms with Crippen LogP contribution in [0.2, 0.25) is 0 Å². The second kappa shape index (κ2) is 9.11. The molecule has 2 heterocycles. The van der Waals surface area contributed by atoms with Crippen molar-refractivity contribution in [3.63, 3.8) is 0 Å². The van der Waals surface area contributed by atoms with Gasteiger partial charge in [-0.2, -0.15) is 0 Å². The summed E-state index contributed by atoms with van der Waals surface area (Å²) in [5.74, 6) is 0.411. The fourth-order valence-corrected chi connectivity index (χ4v) is 3.73. The summed E-state index contributed by atoms with van der Waals surface area (Å²) in [5.41, 5.74) is 1.15. The van der Waals surface area contributed by atoms with Gasteiger partial charge in [-0.1, -0.05) is 6.07 Å². The zero-order valence-electron chi connectivity index (χ0n) is 16.9. The molecule has 1 aromatic heterocycles. The van der Waals surface area contributed by atoms with Crippen molar-refractivity contribution < 1.29 is 23.8 Å². The number of nitrogens with zero attached hydrogens (tertiary/aromatic N) is 1. The van der Waals surface area contributed by atoms with Gasteiger partial charge in [0.25, 0.3) is 11.8 Å². The molecule has 3 rings (SSSR count). The van der Waals surface area contributed by atoms with Crippen LogP contribution in [0.5, 0.6) is 11.5 Å². The fraction of sp³-hybridized carbons (Fsp3) is 0.333. The summed E-state index contributed by atoms with van der Waals surface area (Å²) in [6.07, 6.45) is 0.0219. The van der Waals surface area contributed by atoms with Crippen molar-refractivity contribution in [2.45, 2.75) is 20.0 Å². The van der Waals surface area contributed by atoms with Crippen LogP contribution < -0.4 is 14.8 Å². The summed E-state index contributed by atoms with van der Waals surface area (Å²) < 4.78 is 16.2. The highest BCUT2D eigenvalue weighted by molar-refractivity contribution is 7.11. The first-order valence-corrected chi connectivity index (χ1v) is 10.1. The minimum atomic E-state index is -0.386. The van der Waals surface area contributed by atoms with Crippen LogP contribution >= 0.6 is 11.3 Å². The summed E-state index contributed by atoms with van der Waals surface area (Å²) in [7, 11) is 3.10. The Bertz CT molecular complexity index is 921. The molecule has 29 heavy (non-hydrogen) atoms. The van der Waals surface area contributed by atoms with Gasteiger partial charge in [-0.05, 0) is 37.4 Å². The molecular weight excluding hydrogens is 392 g/mol. The lowest BCUT2D eigenvalue weighted by molar-refractivity contribution is -0.137. The molecule has 0 saturated heterocycles. The van der Waals surface area contributed by atoms with Gasteiger partial charge in [0.15, 0.2) is 0 Å². The zero-order chi connectivity index (χ0) is 21.0. The van der Waals surface area contributed by atoms with E-state index in [2.05, 4.69) is 5.32 Å². The lowest BCUT2D eigenvalue weighted by Crippen LogP contribution is -2.35. The number of carbonyl (C=O) groups excluding carboxylic acids is 2. The largest absolute Gasteiger partial charge is 0.497 e. The Hall–Kier alpha value is -2.84. The number of carbonyl (C=O) groups is 2. The van der Waals surface area contributed by atoms with Gasteiger partial charge in [-0.3, -0.25) is 14.5 Å². The van der Waals surface area contributed by atoms with E-state index in [1.54, 1.807) is 25.3 Å². The quantitative estimate of drug-likeness (QED) is 0.632. The van der Waals surface area contributed by atoms with E-state index in [1.807, 2.05) is 31.4 Å². The topological polar surface area (TPSA) is 77.1 Å². The average Bonchev–Trinajstić information content (AvgIpc) is 3.30. The lowest BCUT2D eigenvalue weighted by Gasteiger charge is -2.17. The molecule has 0 aliphatic carbocycles. The predicted octanol–water partition coefficient (Wildman–Crippen LogP) is 3.38. The molecule has 0 atom stereocenters. The van der Waals surface area contributed by atoms with E-state index in [9.17, 15) is 9.59 Å². The maximum Gasteiger partial charge on any atom is 0.278 e. The Labute approximate surface area is 173 Å². The van der Waals surface area contributed by atoms with Crippen LogP contribution in [0.3, 0.4) is 0 Å². The van der Waals surface area contributed by atoms with Crippen molar-refractivity contribution in [2.24, 2.45) is 0 Å². The molecule has 1 aliphatic heterocycles. The maximum absolute atomic E-state index is 13.1. The Balaban J connectivity index is 1.94. The van der Waals surface area contributed by atoms with Gasteiger partial charge in [0.05, 0.1) is 44.7 Å². The maximum atomic E-state index is 13.1. The molecule has 2 amide bonds. The number of imide groups is 1. The van der Waals surface area contributed by atoms with Gasteiger partial charge < -0.3 is 19.5 Å². The molecule has 0 fully saturated rings. The molecule has 1 N–H and O–H groups in total. The minimum Gasteiger partial charge on any atom is -0.497 e. The van der Waals surface area contributed by atoms with Crippen LogP contribution in [0.1, 0.15) is 18.7 Å². The number of benzene rings is 1. The second-order valence-corrected chi connectivity index (χ2v) is 7.55. The van der Waals surface area contributed by atoms with Gasteiger partial charge in [0, 0.05) is 10.9 Å². The number of anilines is 1. The van der Waals surface area contributed by atoms with Crippen LogP contribution in [-0.4, -0.2) is 50.2 Å². The molecule has 1 aromatic carbocycles. The molecule has 154 valence electrons. The number of hydrogen-bond donors (Lipinski definition) is 1. The van der Waals surface area contributed by atoms with Crippen molar-refractivity contribution in [1.82, 2.24) is 4.90 Å². The summed E-state index contributed by atoms with van der Waals surface area (Å²) in [5, 5.41) is 4.98. The lowest BCUT2D eigenvalue weighted by atomic mass is 10.1. The second-order valence-electron chi connectivity index (χ2n) is 6.60. The zero-order valence-corrected chi connectivity index (χ0v) is 17.7. The van der Waals surface area contributed by atoms with Crippen LogP contribution in [0.4, 0.5) is 5.69 Å². The van der Waals surface area contributed by atoms with Crippen molar-refractivity contribution in [3.05, 3.63) is 46.3 Å². The van der Waals surface area contributed by atoms with E-state index >= 15 is 0 Å². The van der Waals surface area contributed by atoms with E-state index in [1.165, 1.54) is 23.3 Å². The number of nitrogens with one attached hydrogen (secondary N) is 1. The molecule has 0 bridgehead atoms. The highest BCUT2D eigenvalue weighted by atomic mass is 32.1. The number of methoxy groups -OCH3 is 2. The molecule has 7 nitrogen and oxygen atoms in total. The Morgan fingerprint density at radius 1 is 1.10 bits per heavy atom. The predicted molar refractivity (Wildman–Crippen MR) is 112 cm³/mol. The van der Waals surface area contributed by atoms with Crippen molar-refractivity contribution >= 4 is 34.4 Å². The van der Waals surface area contributed by atoms with E-state index in [0.717, 1.165) is 4.88 Å². The molecular formula is C21H24N2O5S. The number of thiophene rings is 1. The van der Waals surface area contributed by atoms with E-state index in [4.69, 9.17) is 14.2 Å². The Morgan fingerprint density at radius 3 is 2.52 bits per heavy atom. The summed E-state index contributed by atoms with van der Waals surface area (Å²) >= 11 is 1.41. The van der Waals surface area contributed by atoms with Crippen molar-refractivity contribution in [3.8, 4) is 11.5 Å². The summed E-state index contributed by atoms with van der Waals surface area (Å²) in [6, 6.07) is 8.89. The SMILES string of the molecule is COc1ccc(NC2=C(c3cccs3)C(=O)N(CCOC(C)C)C2=O)c(OC)c1. The Kier molecular flexibility index (Phi) is 6.56.